The van der Waals surface area contributed by atoms with Gasteiger partial charge >= 0.3 is 0 Å². The molecule has 6 heteroatoms. The van der Waals surface area contributed by atoms with E-state index in [1.165, 1.54) is 11.5 Å². The monoisotopic (exact) mass is 358 g/mol. The van der Waals surface area contributed by atoms with Crippen molar-refractivity contribution in [3.8, 4) is 0 Å². The number of hydrogen-bond donors (Lipinski definition) is 4. The highest BCUT2D eigenvalue weighted by Crippen LogP contribution is 2.26. The van der Waals surface area contributed by atoms with E-state index in [4.69, 9.17) is 5.21 Å². The maximum Gasteiger partial charge on any atom is 0.267 e. The summed E-state index contributed by atoms with van der Waals surface area (Å²) in [4.78, 5) is 18.9. The van der Waals surface area contributed by atoms with Gasteiger partial charge in [-0.25, -0.2) is 10.5 Å². The van der Waals surface area contributed by atoms with Gasteiger partial charge in [-0.3, -0.25) is 10.0 Å². The third kappa shape index (κ3) is 3.65. The van der Waals surface area contributed by atoms with Crippen molar-refractivity contribution in [3.05, 3.63) is 78.0 Å². The minimum atomic E-state index is -0.560. The Kier molecular flexibility index (Phi) is 4.55. The normalized spacial score (nSPS) is 11.3. The van der Waals surface area contributed by atoms with Crippen LogP contribution in [-0.2, 0) is 11.3 Å². The second-order valence-electron chi connectivity index (χ2n) is 6.19. The first-order chi connectivity index (χ1) is 13.2. The van der Waals surface area contributed by atoms with E-state index < -0.39 is 5.91 Å². The molecular formula is C21H18N4O2. The van der Waals surface area contributed by atoms with E-state index in [2.05, 4.69) is 27.4 Å². The van der Waals surface area contributed by atoms with Crippen LogP contribution in [0.1, 0.15) is 11.1 Å². The van der Waals surface area contributed by atoms with Gasteiger partial charge in [0.15, 0.2) is 0 Å². The van der Waals surface area contributed by atoms with Crippen LogP contribution in [0.4, 0.5) is 5.82 Å². The number of fused-ring (bicyclic) bond motifs is 3. The standard InChI is InChI=1S/C21H18N4O2/c26-21(25-27)9-8-14-4-3-5-15(10-14)12-22-20-11-17-16-6-1-2-7-18(16)24-19(17)13-23-20/h1-11,13,24,27H,12H2,(H,22,23)(H,25,26)/b9-8+. The van der Waals surface area contributed by atoms with Crippen molar-refractivity contribution in [1.82, 2.24) is 15.4 Å². The zero-order chi connectivity index (χ0) is 18.6. The highest BCUT2D eigenvalue weighted by Gasteiger charge is 2.05. The summed E-state index contributed by atoms with van der Waals surface area (Å²) in [6, 6.07) is 18.0. The predicted molar refractivity (Wildman–Crippen MR) is 106 cm³/mol. The number of benzene rings is 2. The average molecular weight is 358 g/mol. The van der Waals surface area contributed by atoms with Gasteiger partial charge in [-0.1, -0.05) is 36.4 Å². The lowest BCUT2D eigenvalue weighted by Crippen LogP contribution is -2.14. The van der Waals surface area contributed by atoms with Crippen molar-refractivity contribution >= 4 is 39.6 Å². The quantitative estimate of drug-likeness (QED) is 0.248. The number of nitrogens with zero attached hydrogens (tertiary/aromatic N) is 1. The molecule has 134 valence electrons. The number of aromatic amines is 1. The molecule has 0 saturated heterocycles. The number of aromatic nitrogens is 2. The highest BCUT2D eigenvalue weighted by molar-refractivity contribution is 6.07. The minimum absolute atomic E-state index is 0.560. The molecule has 0 bridgehead atoms. The van der Waals surface area contributed by atoms with Gasteiger partial charge in [-0.05, 0) is 35.4 Å². The molecule has 0 saturated carbocycles. The molecule has 0 aliphatic heterocycles. The summed E-state index contributed by atoms with van der Waals surface area (Å²) in [6.07, 6.45) is 4.76. The second kappa shape index (κ2) is 7.31. The predicted octanol–water partition coefficient (Wildman–Crippen LogP) is 3.85. The second-order valence-corrected chi connectivity index (χ2v) is 6.19. The zero-order valence-electron chi connectivity index (χ0n) is 14.4. The molecule has 2 aromatic carbocycles. The lowest BCUT2D eigenvalue weighted by atomic mass is 10.1. The van der Waals surface area contributed by atoms with Crippen LogP contribution in [0.15, 0.2) is 66.9 Å². The number of H-pyrrole nitrogens is 1. The van der Waals surface area contributed by atoms with Crippen LogP contribution in [0.5, 0.6) is 0 Å². The van der Waals surface area contributed by atoms with E-state index in [9.17, 15) is 4.79 Å². The molecule has 27 heavy (non-hydrogen) atoms. The minimum Gasteiger partial charge on any atom is -0.366 e. The van der Waals surface area contributed by atoms with Crippen LogP contribution >= 0.6 is 0 Å². The van der Waals surface area contributed by atoms with Gasteiger partial charge in [-0.2, -0.15) is 0 Å². The molecule has 1 amide bonds. The number of rotatable bonds is 5. The summed E-state index contributed by atoms with van der Waals surface area (Å²) < 4.78 is 0. The summed E-state index contributed by atoms with van der Waals surface area (Å²) in [5.74, 6) is 0.239. The number of anilines is 1. The van der Waals surface area contributed by atoms with Crippen molar-refractivity contribution in [2.45, 2.75) is 6.54 Å². The summed E-state index contributed by atoms with van der Waals surface area (Å²) in [5.41, 5.74) is 5.61. The SMILES string of the molecule is O=C(/C=C/c1cccc(CNc2cc3c(cn2)[nH]c2ccccc23)c1)NO. The van der Waals surface area contributed by atoms with Crippen molar-refractivity contribution in [1.29, 1.82) is 0 Å². The smallest absolute Gasteiger partial charge is 0.267 e. The van der Waals surface area contributed by atoms with E-state index in [0.29, 0.717) is 6.54 Å². The molecule has 0 aliphatic carbocycles. The lowest BCUT2D eigenvalue weighted by molar-refractivity contribution is -0.124. The molecule has 4 N–H and O–H groups in total. The Bertz CT molecular complexity index is 1150. The number of nitrogens with one attached hydrogen (secondary N) is 3. The molecule has 6 nitrogen and oxygen atoms in total. The topological polar surface area (TPSA) is 90.0 Å². The van der Waals surface area contributed by atoms with Gasteiger partial charge < -0.3 is 10.3 Å². The van der Waals surface area contributed by atoms with Gasteiger partial charge in [0.2, 0.25) is 0 Å². The summed E-state index contributed by atoms with van der Waals surface area (Å²) in [5, 5.41) is 14.2. The Hall–Kier alpha value is -3.64. The zero-order valence-corrected chi connectivity index (χ0v) is 14.4. The first kappa shape index (κ1) is 16.8. The van der Waals surface area contributed by atoms with Gasteiger partial charge in [0.25, 0.3) is 5.91 Å². The lowest BCUT2D eigenvalue weighted by Gasteiger charge is -2.07. The molecule has 4 aromatic rings. The van der Waals surface area contributed by atoms with Gasteiger partial charge in [0.05, 0.1) is 11.7 Å². The Labute approximate surface area is 155 Å². The molecule has 0 unspecified atom stereocenters. The fraction of sp³-hybridized carbons (Fsp3) is 0.0476. The fourth-order valence-corrected chi connectivity index (χ4v) is 3.06. The van der Waals surface area contributed by atoms with E-state index in [1.54, 1.807) is 11.6 Å². The molecule has 0 atom stereocenters. The van der Waals surface area contributed by atoms with E-state index >= 15 is 0 Å². The van der Waals surface area contributed by atoms with Crippen molar-refractivity contribution in [3.63, 3.8) is 0 Å². The molecule has 0 aliphatic rings. The number of carbonyl (C=O) groups is 1. The number of pyridine rings is 1. The molecule has 0 fully saturated rings. The number of hydrogen-bond acceptors (Lipinski definition) is 4. The van der Waals surface area contributed by atoms with Gasteiger partial charge in [-0.15, -0.1) is 0 Å². The van der Waals surface area contributed by atoms with Crippen LogP contribution in [0.2, 0.25) is 0 Å². The number of para-hydroxylation sites is 1. The molecule has 4 rings (SSSR count). The molecule has 0 radical (unpaired) electrons. The van der Waals surface area contributed by atoms with Gasteiger partial charge in [0, 0.05) is 28.9 Å². The largest absolute Gasteiger partial charge is 0.366 e. The molecular weight excluding hydrogens is 340 g/mol. The van der Waals surface area contributed by atoms with Crippen LogP contribution in [-0.4, -0.2) is 21.1 Å². The van der Waals surface area contributed by atoms with E-state index in [1.807, 2.05) is 48.7 Å². The fourth-order valence-electron chi connectivity index (χ4n) is 3.06. The Balaban J connectivity index is 1.52. The molecule has 2 aromatic heterocycles. The summed E-state index contributed by atoms with van der Waals surface area (Å²) in [7, 11) is 0. The number of carbonyl (C=O) groups excluding carboxylic acids is 1. The molecule has 0 spiro atoms. The van der Waals surface area contributed by atoms with Crippen LogP contribution in [0, 0.1) is 0 Å². The Morgan fingerprint density at radius 3 is 2.85 bits per heavy atom. The third-order valence-corrected chi connectivity index (χ3v) is 4.35. The first-order valence-corrected chi connectivity index (χ1v) is 8.54. The van der Waals surface area contributed by atoms with Crippen LogP contribution in [0.3, 0.4) is 0 Å². The average Bonchev–Trinajstić information content (AvgIpc) is 3.09. The first-order valence-electron chi connectivity index (χ1n) is 8.54. The Morgan fingerprint density at radius 2 is 1.96 bits per heavy atom. The number of amides is 1. The number of hydroxylamine groups is 1. The van der Waals surface area contributed by atoms with Crippen LogP contribution in [0.25, 0.3) is 27.9 Å². The van der Waals surface area contributed by atoms with Crippen molar-refractivity contribution in [2.75, 3.05) is 5.32 Å². The van der Waals surface area contributed by atoms with E-state index in [0.717, 1.165) is 33.4 Å². The highest BCUT2D eigenvalue weighted by atomic mass is 16.5. The molecule has 2 heterocycles. The maximum absolute atomic E-state index is 11.1. The van der Waals surface area contributed by atoms with Crippen LogP contribution < -0.4 is 10.8 Å². The summed E-state index contributed by atoms with van der Waals surface area (Å²) in [6.45, 7) is 0.606. The third-order valence-electron chi connectivity index (χ3n) is 4.35. The maximum atomic E-state index is 11.1. The van der Waals surface area contributed by atoms with Gasteiger partial charge in [0.1, 0.15) is 5.82 Å². The van der Waals surface area contributed by atoms with E-state index in [-0.39, 0.29) is 0 Å². The van der Waals surface area contributed by atoms with Crippen molar-refractivity contribution in [2.24, 2.45) is 0 Å². The Morgan fingerprint density at radius 1 is 1.07 bits per heavy atom. The summed E-state index contributed by atoms with van der Waals surface area (Å²) >= 11 is 0. The van der Waals surface area contributed by atoms with Crippen molar-refractivity contribution < 1.29 is 10.0 Å².